The molecular weight excluding hydrogens is 526 g/mol. The zero-order valence-corrected chi connectivity index (χ0v) is 24.5. The number of esters is 2. The molecule has 3 saturated heterocycles. The van der Waals surface area contributed by atoms with Gasteiger partial charge in [0.2, 0.25) is 11.9 Å². The Morgan fingerprint density at radius 1 is 0.810 bits per heavy atom. The van der Waals surface area contributed by atoms with E-state index < -0.39 is 17.9 Å². The molecule has 3 aliphatic heterocycles. The highest BCUT2D eigenvalue weighted by molar-refractivity contribution is 5.86. The van der Waals surface area contributed by atoms with E-state index in [2.05, 4.69) is 0 Å². The van der Waals surface area contributed by atoms with E-state index in [4.69, 9.17) is 14.2 Å². The van der Waals surface area contributed by atoms with E-state index in [0.29, 0.717) is 35.2 Å². The van der Waals surface area contributed by atoms with Crippen LogP contribution in [0.25, 0.3) is 0 Å². The van der Waals surface area contributed by atoms with Crippen molar-refractivity contribution in [1.29, 1.82) is 0 Å². The van der Waals surface area contributed by atoms with E-state index in [9.17, 15) is 9.59 Å². The number of ether oxygens (including phenoxy) is 3. The molecule has 220 valence electrons. The van der Waals surface area contributed by atoms with Gasteiger partial charge in [-0.05, 0) is 17.5 Å². The molecule has 0 saturated carbocycles. The molecule has 3 fully saturated rings. The zero-order valence-electron chi connectivity index (χ0n) is 24.5. The van der Waals surface area contributed by atoms with Gasteiger partial charge < -0.3 is 18.7 Å². The SMILES string of the molecule is CCCC(=O)OC(OC(C(=O)OC1CC2CCC(C1)[N+]21CCCC1)(c1ccccc1)c1ccccc1)c1ccccc1. The molecule has 1 spiro atoms. The first-order chi connectivity index (χ1) is 20.5. The summed E-state index contributed by atoms with van der Waals surface area (Å²) in [7, 11) is 0. The van der Waals surface area contributed by atoms with Gasteiger partial charge in [0, 0.05) is 50.5 Å². The Labute approximate surface area is 249 Å². The number of carbonyl (C=O) groups is 2. The number of hydrogen-bond donors (Lipinski definition) is 0. The number of quaternary nitrogens is 1. The smallest absolute Gasteiger partial charge is 0.348 e. The van der Waals surface area contributed by atoms with Crippen LogP contribution in [0.5, 0.6) is 0 Å². The standard InChI is InChI=1S/C36H42NO5/c1-2-14-33(38)41-34(27-15-6-3-7-16-27)42-36(28-17-8-4-9-18-28,29-19-10-5-11-20-29)35(39)40-32-25-30-21-22-31(26-32)37(30)23-12-13-24-37/h3-11,15-20,30-32,34H,2,12-14,21-26H2,1H3/q+1. The third-order valence-corrected chi connectivity index (χ3v) is 9.73. The maximum Gasteiger partial charge on any atom is 0.348 e. The first kappa shape index (κ1) is 28.6. The van der Waals surface area contributed by atoms with Crippen LogP contribution in [0.15, 0.2) is 91.0 Å². The fraction of sp³-hybridized carbons (Fsp3) is 0.444. The molecule has 0 aromatic heterocycles. The number of hydrogen-bond acceptors (Lipinski definition) is 5. The van der Waals surface area contributed by atoms with Crippen LogP contribution in [0.2, 0.25) is 0 Å². The minimum Gasteiger partial charge on any atom is -0.459 e. The average molecular weight is 569 g/mol. The van der Waals surface area contributed by atoms with Gasteiger partial charge in [0.15, 0.2) is 0 Å². The lowest BCUT2D eigenvalue weighted by Crippen LogP contribution is -2.60. The molecule has 6 rings (SSSR count). The van der Waals surface area contributed by atoms with Gasteiger partial charge in [-0.3, -0.25) is 4.79 Å². The quantitative estimate of drug-likeness (QED) is 0.152. The predicted octanol–water partition coefficient (Wildman–Crippen LogP) is 6.84. The summed E-state index contributed by atoms with van der Waals surface area (Å²) in [5.41, 5.74) is 0.277. The number of nitrogens with zero attached hydrogens (tertiary/aromatic N) is 1. The molecule has 3 aromatic carbocycles. The molecule has 6 heteroatoms. The zero-order chi connectivity index (χ0) is 29.0. The lowest BCUT2D eigenvalue weighted by molar-refractivity contribution is -0.956. The van der Waals surface area contributed by atoms with E-state index in [1.807, 2.05) is 97.9 Å². The molecule has 42 heavy (non-hydrogen) atoms. The second-order valence-electron chi connectivity index (χ2n) is 12.2. The Morgan fingerprint density at radius 3 is 1.86 bits per heavy atom. The fourth-order valence-electron chi connectivity index (χ4n) is 7.79. The highest BCUT2D eigenvalue weighted by Gasteiger charge is 2.57. The van der Waals surface area contributed by atoms with Crippen molar-refractivity contribution in [3.05, 3.63) is 108 Å². The van der Waals surface area contributed by atoms with Crippen molar-refractivity contribution in [2.75, 3.05) is 13.1 Å². The molecule has 0 N–H and O–H groups in total. The van der Waals surface area contributed by atoms with Crippen LogP contribution < -0.4 is 0 Å². The maximum atomic E-state index is 14.8. The third kappa shape index (κ3) is 5.38. The number of benzene rings is 3. The van der Waals surface area contributed by atoms with Gasteiger partial charge in [-0.25, -0.2) is 4.79 Å². The topological polar surface area (TPSA) is 61.8 Å². The number of carbonyl (C=O) groups excluding carboxylic acids is 2. The van der Waals surface area contributed by atoms with Crippen LogP contribution in [-0.4, -0.2) is 47.7 Å². The van der Waals surface area contributed by atoms with Crippen molar-refractivity contribution in [3.63, 3.8) is 0 Å². The molecule has 3 aromatic rings. The summed E-state index contributed by atoms with van der Waals surface area (Å²) in [6.45, 7) is 4.46. The van der Waals surface area contributed by atoms with E-state index in [1.54, 1.807) is 0 Å². The molecule has 0 amide bonds. The van der Waals surface area contributed by atoms with Crippen molar-refractivity contribution in [2.45, 2.75) is 88.4 Å². The Balaban J connectivity index is 1.39. The van der Waals surface area contributed by atoms with Gasteiger partial charge in [0.05, 0.1) is 25.2 Å². The third-order valence-electron chi connectivity index (χ3n) is 9.73. The summed E-state index contributed by atoms with van der Waals surface area (Å²) in [5, 5.41) is 0. The van der Waals surface area contributed by atoms with Crippen molar-refractivity contribution in [3.8, 4) is 0 Å². The van der Waals surface area contributed by atoms with Gasteiger partial charge >= 0.3 is 11.9 Å². The van der Waals surface area contributed by atoms with Gasteiger partial charge in [-0.2, -0.15) is 0 Å². The summed E-state index contributed by atoms with van der Waals surface area (Å²) < 4.78 is 20.6. The Kier molecular flexibility index (Phi) is 8.45. The molecule has 2 bridgehead atoms. The number of rotatable bonds is 10. The molecule has 3 aliphatic rings. The van der Waals surface area contributed by atoms with Crippen molar-refractivity contribution < 1.29 is 28.3 Å². The van der Waals surface area contributed by atoms with Crippen LogP contribution in [-0.2, 0) is 29.4 Å². The van der Waals surface area contributed by atoms with Crippen molar-refractivity contribution in [1.82, 2.24) is 0 Å². The van der Waals surface area contributed by atoms with Gasteiger partial charge in [-0.15, -0.1) is 0 Å². The summed E-state index contributed by atoms with van der Waals surface area (Å²) in [4.78, 5) is 27.6. The number of piperidine rings is 1. The Hall–Kier alpha value is -3.48. The minimum absolute atomic E-state index is 0.174. The van der Waals surface area contributed by atoms with E-state index >= 15 is 0 Å². The van der Waals surface area contributed by atoms with Crippen molar-refractivity contribution in [2.24, 2.45) is 0 Å². The van der Waals surface area contributed by atoms with Gasteiger partial charge in [0.1, 0.15) is 6.10 Å². The van der Waals surface area contributed by atoms with Crippen LogP contribution in [0, 0.1) is 0 Å². The Morgan fingerprint density at radius 2 is 1.33 bits per heavy atom. The van der Waals surface area contributed by atoms with Crippen LogP contribution in [0.1, 0.15) is 81.3 Å². The van der Waals surface area contributed by atoms with E-state index in [0.717, 1.165) is 12.8 Å². The van der Waals surface area contributed by atoms with Gasteiger partial charge in [-0.1, -0.05) is 97.9 Å². The normalized spacial score (nSPS) is 23.4. The van der Waals surface area contributed by atoms with Gasteiger partial charge in [0.25, 0.3) is 0 Å². The molecule has 3 unspecified atom stereocenters. The lowest BCUT2D eigenvalue weighted by Gasteiger charge is -2.47. The van der Waals surface area contributed by atoms with Crippen LogP contribution in [0.3, 0.4) is 0 Å². The highest BCUT2D eigenvalue weighted by Crippen LogP contribution is 2.47. The highest BCUT2D eigenvalue weighted by atomic mass is 16.7. The molecule has 3 atom stereocenters. The summed E-state index contributed by atoms with van der Waals surface area (Å²) >= 11 is 0. The molecule has 3 heterocycles. The summed E-state index contributed by atoms with van der Waals surface area (Å²) in [6, 6.07) is 29.4. The first-order valence-electron chi connectivity index (χ1n) is 15.7. The minimum atomic E-state index is -1.65. The monoisotopic (exact) mass is 568 g/mol. The lowest BCUT2D eigenvalue weighted by atomic mass is 9.85. The van der Waals surface area contributed by atoms with Crippen LogP contribution >= 0.6 is 0 Å². The molecule has 0 radical (unpaired) electrons. The molecular formula is C36H42NO5+. The van der Waals surface area contributed by atoms with E-state index in [-0.39, 0.29) is 18.5 Å². The average Bonchev–Trinajstić information content (AvgIpc) is 3.57. The second-order valence-corrected chi connectivity index (χ2v) is 12.2. The second kappa shape index (κ2) is 12.4. The summed E-state index contributed by atoms with van der Waals surface area (Å²) in [6.07, 6.45) is 6.41. The van der Waals surface area contributed by atoms with E-state index in [1.165, 1.54) is 43.3 Å². The van der Waals surface area contributed by atoms with Crippen LogP contribution in [0.4, 0.5) is 0 Å². The maximum absolute atomic E-state index is 14.8. The summed E-state index contributed by atoms with van der Waals surface area (Å²) in [5.74, 6) is -0.843. The predicted molar refractivity (Wildman–Crippen MR) is 160 cm³/mol. The molecule has 6 nitrogen and oxygen atoms in total. The first-order valence-corrected chi connectivity index (χ1v) is 15.7. The Bertz CT molecular complexity index is 1280. The molecule has 0 aliphatic carbocycles. The fourth-order valence-corrected chi connectivity index (χ4v) is 7.79. The largest absolute Gasteiger partial charge is 0.459 e. The van der Waals surface area contributed by atoms with Crippen molar-refractivity contribution >= 4 is 11.9 Å².